The molecule has 0 N–H and O–H groups in total. The van der Waals surface area contributed by atoms with E-state index in [4.69, 9.17) is 13.2 Å². The quantitative estimate of drug-likeness (QED) is 0.152. The Morgan fingerprint density at radius 3 is 2.19 bits per heavy atom. The topological polar surface area (TPSA) is 0 Å². The van der Waals surface area contributed by atoms with E-state index in [0.717, 1.165) is 52.7 Å². The van der Waals surface area contributed by atoms with Gasteiger partial charge in [-0.05, 0) is 138 Å². The molecule has 0 saturated heterocycles. The molecular formula is C58H47. The van der Waals surface area contributed by atoms with Crippen molar-refractivity contribution >= 4 is 38.6 Å². The minimum absolute atomic E-state index is 0.0381. The van der Waals surface area contributed by atoms with Crippen molar-refractivity contribution in [2.45, 2.75) is 37.5 Å². The summed E-state index contributed by atoms with van der Waals surface area (Å²) in [6.45, 7) is 9.51. The summed E-state index contributed by atoms with van der Waals surface area (Å²) in [7, 11) is 0. The zero-order valence-corrected chi connectivity index (χ0v) is 33.0. The Hall–Kier alpha value is -6.50. The predicted molar refractivity (Wildman–Crippen MR) is 249 cm³/mol. The van der Waals surface area contributed by atoms with Crippen LogP contribution in [0.25, 0.3) is 38.6 Å². The van der Waals surface area contributed by atoms with Gasteiger partial charge >= 0.3 is 0 Å². The minimum Gasteiger partial charge on any atom is -0.0905 e. The van der Waals surface area contributed by atoms with E-state index < -0.39 is 0 Å². The molecule has 11 rings (SSSR count). The lowest BCUT2D eigenvalue weighted by Gasteiger charge is -2.28. The molecule has 0 amide bonds. The monoisotopic (exact) mass is 743 g/mol. The number of hydrogen-bond acceptors (Lipinski definition) is 0. The zero-order chi connectivity index (χ0) is 39.1. The van der Waals surface area contributed by atoms with Gasteiger partial charge in [-0.3, -0.25) is 0 Å². The second kappa shape index (κ2) is 15.1. The van der Waals surface area contributed by atoms with Gasteiger partial charge in [0, 0.05) is 11.8 Å². The van der Waals surface area contributed by atoms with E-state index >= 15 is 0 Å². The summed E-state index contributed by atoms with van der Waals surface area (Å²) in [5, 5.41) is 2.49. The van der Waals surface area contributed by atoms with Crippen molar-refractivity contribution in [1.82, 2.24) is 0 Å². The highest BCUT2D eigenvalue weighted by molar-refractivity contribution is 6.03. The summed E-state index contributed by atoms with van der Waals surface area (Å²) >= 11 is 0. The molecule has 2 atom stereocenters. The molecule has 0 aromatic heterocycles. The van der Waals surface area contributed by atoms with Crippen molar-refractivity contribution in [1.29, 1.82) is 0 Å². The standard InChI is InChI=1S/C51H37.C7H10/c1-33(43-18-8-9-19-44(43)34(2)45-17-4-3-5-20-46(45)38-24-23-35-13-6-7-14-37(35)29-38)36-15-12-16-41(31-36)51-32-42(51)27-28-49-48-22-11-10-21-47(48)39-25-26-40(30-39)50(49)51;1-2-4-6-7-5-3-1/h3-4,6-31,42H,1-2,5,32H2;1-2,5,7H,3-4,6H2. The van der Waals surface area contributed by atoms with Crippen LogP contribution in [0.3, 0.4) is 0 Å². The fourth-order valence-corrected chi connectivity index (χ4v) is 9.71. The van der Waals surface area contributed by atoms with E-state index in [1.807, 2.05) is 0 Å². The van der Waals surface area contributed by atoms with E-state index in [1.54, 1.807) is 0 Å². The van der Waals surface area contributed by atoms with Crippen LogP contribution < -0.4 is 0 Å². The highest BCUT2D eigenvalue weighted by Crippen LogP contribution is 2.67. The molecule has 5 aromatic carbocycles. The van der Waals surface area contributed by atoms with E-state index in [-0.39, 0.29) is 5.41 Å². The van der Waals surface area contributed by atoms with Gasteiger partial charge in [0.15, 0.2) is 0 Å². The maximum absolute atomic E-state index is 4.76. The molecule has 6 aliphatic rings. The second-order valence-corrected chi connectivity index (χ2v) is 16.1. The molecule has 0 heterocycles. The summed E-state index contributed by atoms with van der Waals surface area (Å²) < 4.78 is 0. The molecule has 0 aliphatic heterocycles. The molecule has 1 fully saturated rings. The molecule has 0 heteroatoms. The SMILES string of the molecule is C1=CCCC=CC1.C=C(C1=CC=CCC=C1c1ccc2ccccc2c1)c1ccccc1C(=C)c1cccc(C23CC2C=CC2=C3C3=CC=C([CH]3)c3ccccc32)c1. The van der Waals surface area contributed by atoms with Crippen molar-refractivity contribution in [3.05, 3.63) is 263 Å². The first kappa shape index (κ1) is 35.9. The molecule has 2 bridgehead atoms. The van der Waals surface area contributed by atoms with Gasteiger partial charge in [-0.25, -0.2) is 0 Å². The molecular weight excluding hydrogens is 697 g/mol. The van der Waals surface area contributed by atoms with Gasteiger partial charge in [0.25, 0.3) is 0 Å². The smallest absolute Gasteiger partial charge is 0.0281 e. The van der Waals surface area contributed by atoms with Gasteiger partial charge in [0.1, 0.15) is 0 Å². The van der Waals surface area contributed by atoms with Crippen molar-refractivity contribution < 1.29 is 0 Å². The maximum atomic E-state index is 4.76. The molecule has 5 aromatic rings. The fraction of sp³-hybridized carbons (Fsp3) is 0.121. The first-order valence-corrected chi connectivity index (χ1v) is 20.9. The van der Waals surface area contributed by atoms with Gasteiger partial charge in [-0.2, -0.15) is 0 Å². The Balaban J connectivity index is 0.000000530. The Labute approximate surface area is 344 Å². The van der Waals surface area contributed by atoms with Crippen LogP contribution in [0.4, 0.5) is 0 Å². The molecule has 58 heavy (non-hydrogen) atoms. The Bertz CT molecular complexity index is 2800. The first-order chi connectivity index (χ1) is 28.6. The fourth-order valence-electron chi connectivity index (χ4n) is 9.71. The van der Waals surface area contributed by atoms with Crippen LogP contribution in [-0.2, 0) is 5.41 Å². The number of allylic oxidation sites excluding steroid dienone is 19. The molecule has 0 nitrogen and oxygen atoms in total. The van der Waals surface area contributed by atoms with Crippen LogP contribution in [0, 0.1) is 12.3 Å². The van der Waals surface area contributed by atoms with E-state index in [2.05, 4.69) is 195 Å². The van der Waals surface area contributed by atoms with Crippen molar-refractivity contribution in [2.24, 2.45) is 5.92 Å². The maximum Gasteiger partial charge on any atom is 0.0281 e. The van der Waals surface area contributed by atoms with E-state index in [1.165, 1.54) is 73.7 Å². The number of benzene rings is 5. The lowest BCUT2D eigenvalue weighted by molar-refractivity contribution is 0.775. The highest BCUT2D eigenvalue weighted by Gasteiger charge is 2.59. The number of rotatable bonds is 6. The predicted octanol–water partition coefficient (Wildman–Crippen LogP) is 15.0. The third kappa shape index (κ3) is 6.34. The van der Waals surface area contributed by atoms with Gasteiger partial charge in [-0.15, -0.1) is 0 Å². The summed E-state index contributed by atoms with van der Waals surface area (Å²) in [6.07, 6.45) is 35.3. The lowest BCUT2D eigenvalue weighted by Crippen LogP contribution is -2.19. The summed E-state index contributed by atoms with van der Waals surface area (Å²) in [6, 6.07) is 42.1. The van der Waals surface area contributed by atoms with Gasteiger partial charge in [-0.1, -0.05) is 195 Å². The molecule has 1 saturated carbocycles. The Morgan fingerprint density at radius 2 is 1.34 bits per heavy atom. The van der Waals surface area contributed by atoms with E-state index in [0.29, 0.717) is 5.92 Å². The number of hydrogen-bond donors (Lipinski definition) is 0. The van der Waals surface area contributed by atoms with Gasteiger partial charge in [0.05, 0.1) is 0 Å². The first-order valence-electron chi connectivity index (χ1n) is 20.9. The average molecular weight is 744 g/mol. The van der Waals surface area contributed by atoms with Crippen LogP contribution in [-0.4, -0.2) is 0 Å². The second-order valence-electron chi connectivity index (χ2n) is 16.1. The third-order valence-electron chi connectivity index (χ3n) is 12.7. The van der Waals surface area contributed by atoms with Gasteiger partial charge in [0.2, 0.25) is 0 Å². The van der Waals surface area contributed by atoms with E-state index in [9.17, 15) is 0 Å². The minimum atomic E-state index is -0.0381. The average Bonchev–Trinajstić information content (AvgIpc) is 4.03. The van der Waals surface area contributed by atoms with Crippen LogP contribution in [0.15, 0.2) is 218 Å². The normalized spacial score (nSPS) is 20.8. The highest BCUT2D eigenvalue weighted by atomic mass is 14.6. The molecule has 279 valence electrons. The summed E-state index contributed by atoms with van der Waals surface area (Å²) in [5.41, 5.74) is 18.5. The largest absolute Gasteiger partial charge is 0.0905 e. The Morgan fingerprint density at radius 1 is 0.603 bits per heavy atom. The zero-order valence-electron chi connectivity index (χ0n) is 33.0. The summed E-state index contributed by atoms with van der Waals surface area (Å²) in [4.78, 5) is 0. The van der Waals surface area contributed by atoms with Crippen molar-refractivity contribution in [2.75, 3.05) is 0 Å². The van der Waals surface area contributed by atoms with Crippen molar-refractivity contribution in [3.63, 3.8) is 0 Å². The third-order valence-corrected chi connectivity index (χ3v) is 12.7. The van der Waals surface area contributed by atoms with Gasteiger partial charge < -0.3 is 0 Å². The van der Waals surface area contributed by atoms with Crippen LogP contribution in [0.1, 0.15) is 71.0 Å². The molecule has 1 radical (unpaired) electrons. The molecule has 6 aliphatic carbocycles. The lowest BCUT2D eigenvalue weighted by atomic mass is 9.74. The number of fused-ring (bicyclic) bond motifs is 9. The molecule has 0 spiro atoms. The van der Waals surface area contributed by atoms with Crippen molar-refractivity contribution in [3.8, 4) is 0 Å². The van der Waals surface area contributed by atoms with Crippen LogP contribution >= 0.6 is 0 Å². The van der Waals surface area contributed by atoms with Crippen LogP contribution in [0.2, 0.25) is 0 Å². The van der Waals surface area contributed by atoms with Crippen LogP contribution in [0.5, 0.6) is 0 Å². The molecule has 2 unspecified atom stereocenters. The summed E-state index contributed by atoms with van der Waals surface area (Å²) in [5.74, 6) is 0.492. The Kier molecular flexibility index (Phi) is 9.35.